The maximum atomic E-state index is 11.6. The van der Waals surface area contributed by atoms with Crippen molar-refractivity contribution in [2.75, 3.05) is 13.6 Å². The minimum Gasteiger partial charge on any atom is -0.548 e. The highest BCUT2D eigenvalue weighted by Gasteiger charge is 2.10. The number of hydrogen-bond donors (Lipinski definition) is 0. The number of nitrogens with zero attached hydrogens (tertiary/aromatic N) is 1. The van der Waals surface area contributed by atoms with Crippen LogP contribution in [0.25, 0.3) is 0 Å². The predicted molar refractivity (Wildman–Crippen MR) is 56.1 cm³/mol. The molecule has 15 heavy (non-hydrogen) atoms. The molecule has 0 bridgehead atoms. The molecular weight excluding hydrogens is 262 g/mol. The van der Waals surface area contributed by atoms with E-state index in [2.05, 4.69) is 15.9 Å². The van der Waals surface area contributed by atoms with E-state index in [-0.39, 0.29) is 5.91 Å². The first-order valence-corrected chi connectivity index (χ1v) is 5.01. The number of carboxylic acids is 1. The minimum absolute atomic E-state index is 0.341. The second-order valence-corrected chi connectivity index (χ2v) is 3.96. The number of carbonyl (C=O) groups excluding carboxylic acids is 2. The quantitative estimate of drug-likeness (QED) is 0.792. The average Bonchev–Trinajstić information content (AvgIpc) is 2.17. The van der Waals surface area contributed by atoms with Gasteiger partial charge in [-0.25, -0.2) is 0 Å². The Morgan fingerprint density at radius 1 is 1.33 bits per heavy atom. The van der Waals surface area contributed by atoms with Crippen LogP contribution in [0.3, 0.4) is 0 Å². The van der Waals surface area contributed by atoms with Gasteiger partial charge < -0.3 is 14.8 Å². The summed E-state index contributed by atoms with van der Waals surface area (Å²) in [5, 5.41) is 10.3. The van der Waals surface area contributed by atoms with Crippen LogP contribution in [0.2, 0.25) is 0 Å². The van der Waals surface area contributed by atoms with Crippen molar-refractivity contribution in [2.45, 2.75) is 0 Å². The topological polar surface area (TPSA) is 60.4 Å². The molecule has 0 unspecified atom stereocenters. The Hall–Kier alpha value is -1.36. The van der Waals surface area contributed by atoms with E-state index in [0.29, 0.717) is 5.56 Å². The lowest BCUT2D eigenvalue weighted by Crippen LogP contribution is -2.39. The molecule has 4 nitrogen and oxygen atoms in total. The van der Waals surface area contributed by atoms with Crippen molar-refractivity contribution in [3.05, 3.63) is 34.3 Å². The number of carbonyl (C=O) groups is 2. The van der Waals surface area contributed by atoms with Gasteiger partial charge in [0.05, 0.1) is 12.5 Å². The molecule has 0 saturated carbocycles. The summed E-state index contributed by atoms with van der Waals surface area (Å²) in [5.41, 5.74) is 0.446. The van der Waals surface area contributed by atoms with Crippen LogP contribution in [0.5, 0.6) is 0 Å². The molecule has 0 heterocycles. The number of carboxylic acid groups (broad SMARTS) is 1. The van der Waals surface area contributed by atoms with E-state index in [9.17, 15) is 14.7 Å². The Labute approximate surface area is 95.6 Å². The molecule has 5 heteroatoms. The van der Waals surface area contributed by atoms with Gasteiger partial charge in [-0.15, -0.1) is 0 Å². The summed E-state index contributed by atoms with van der Waals surface area (Å²) in [6.45, 7) is -0.408. The Balaban J connectivity index is 2.76. The summed E-state index contributed by atoms with van der Waals surface area (Å²) in [4.78, 5) is 23.0. The summed E-state index contributed by atoms with van der Waals surface area (Å²) in [6.07, 6.45) is 0. The molecule has 0 fully saturated rings. The largest absolute Gasteiger partial charge is 0.548 e. The van der Waals surface area contributed by atoms with Crippen LogP contribution < -0.4 is 5.11 Å². The zero-order valence-corrected chi connectivity index (χ0v) is 9.65. The standard InChI is InChI=1S/C10H10BrNO3/c1-12(6-9(13)14)10(15)7-2-4-8(11)5-3-7/h2-5H,6H2,1H3,(H,13,14)/p-1. The van der Waals surface area contributed by atoms with Crippen LogP contribution >= 0.6 is 15.9 Å². The van der Waals surface area contributed by atoms with Crippen molar-refractivity contribution in [3.63, 3.8) is 0 Å². The maximum Gasteiger partial charge on any atom is 0.253 e. The first-order chi connectivity index (χ1) is 7.00. The average molecular weight is 271 g/mol. The van der Waals surface area contributed by atoms with Crippen LogP contribution in [0.15, 0.2) is 28.7 Å². The Morgan fingerprint density at radius 3 is 2.33 bits per heavy atom. The Morgan fingerprint density at radius 2 is 1.87 bits per heavy atom. The van der Waals surface area contributed by atoms with E-state index in [4.69, 9.17) is 0 Å². The van der Waals surface area contributed by atoms with E-state index in [1.807, 2.05) is 0 Å². The Bertz CT molecular complexity index is 375. The van der Waals surface area contributed by atoms with Crippen molar-refractivity contribution in [3.8, 4) is 0 Å². The third-order valence-corrected chi connectivity index (χ3v) is 2.33. The van der Waals surface area contributed by atoms with E-state index < -0.39 is 12.5 Å². The lowest BCUT2D eigenvalue weighted by molar-refractivity contribution is -0.305. The summed E-state index contributed by atoms with van der Waals surface area (Å²) >= 11 is 3.24. The molecule has 0 aliphatic rings. The molecular formula is C10H9BrNO3-. The second kappa shape index (κ2) is 4.93. The third-order valence-electron chi connectivity index (χ3n) is 1.80. The van der Waals surface area contributed by atoms with Crippen LogP contribution in [-0.4, -0.2) is 30.4 Å². The molecule has 0 radical (unpaired) electrons. The number of amides is 1. The molecule has 1 aromatic rings. The highest BCUT2D eigenvalue weighted by Crippen LogP contribution is 2.11. The van der Waals surface area contributed by atoms with Gasteiger partial charge in [-0.3, -0.25) is 4.79 Å². The molecule has 80 valence electrons. The number of halogens is 1. The summed E-state index contributed by atoms with van der Waals surface area (Å²) in [5.74, 6) is -1.62. The van der Waals surface area contributed by atoms with E-state index in [1.54, 1.807) is 24.3 Å². The summed E-state index contributed by atoms with van der Waals surface area (Å²) in [7, 11) is 1.42. The number of aliphatic carboxylic acids is 1. The normalized spacial score (nSPS) is 9.73. The minimum atomic E-state index is -1.28. The van der Waals surface area contributed by atoms with Crippen LogP contribution in [0, 0.1) is 0 Å². The highest BCUT2D eigenvalue weighted by molar-refractivity contribution is 9.10. The van der Waals surface area contributed by atoms with Crippen molar-refractivity contribution in [1.82, 2.24) is 4.90 Å². The third kappa shape index (κ3) is 3.36. The fraction of sp³-hybridized carbons (Fsp3) is 0.200. The second-order valence-electron chi connectivity index (χ2n) is 3.04. The zero-order valence-electron chi connectivity index (χ0n) is 8.07. The van der Waals surface area contributed by atoms with Gasteiger partial charge in [0.25, 0.3) is 5.91 Å². The van der Waals surface area contributed by atoms with Gasteiger partial charge in [0.15, 0.2) is 0 Å². The first kappa shape index (κ1) is 11.7. The number of rotatable bonds is 3. The van der Waals surface area contributed by atoms with E-state index in [0.717, 1.165) is 9.37 Å². The molecule has 0 aliphatic carbocycles. The number of benzene rings is 1. The van der Waals surface area contributed by atoms with Gasteiger partial charge in [-0.1, -0.05) is 15.9 Å². The number of hydrogen-bond acceptors (Lipinski definition) is 3. The van der Waals surface area contributed by atoms with Crippen molar-refractivity contribution >= 4 is 27.8 Å². The SMILES string of the molecule is CN(CC(=O)[O-])C(=O)c1ccc(Br)cc1. The van der Waals surface area contributed by atoms with Gasteiger partial charge in [0, 0.05) is 17.1 Å². The van der Waals surface area contributed by atoms with Gasteiger partial charge >= 0.3 is 0 Å². The molecule has 0 N–H and O–H groups in total. The molecule has 0 spiro atoms. The molecule has 1 amide bonds. The lowest BCUT2D eigenvalue weighted by Gasteiger charge is -2.17. The summed E-state index contributed by atoms with van der Waals surface area (Å²) in [6, 6.07) is 6.69. The monoisotopic (exact) mass is 270 g/mol. The predicted octanol–water partition coefficient (Wildman–Crippen LogP) is 0.271. The van der Waals surface area contributed by atoms with Gasteiger partial charge in [0.1, 0.15) is 0 Å². The molecule has 1 aromatic carbocycles. The van der Waals surface area contributed by atoms with Gasteiger partial charge in [-0.2, -0.15) is 0 Å². The lowest BCUT2D eigenvalue weighted by atomic mass is 10.2. The fourth-order valence-electron chi connectivity index (χ4n) is 1.08. The number of likely N-dealkylation sites (N-methyl/N-ethyl adjacent to an activating group) is 1. The fourth-order valence-corrected chi connectivity index (χ4v) is 1.34. The van der Waals surface area contributed by atoms with Crippen LogP contribution in [-0.2, 0) is 4.79 Å². The molecule has 0 aliphatic heterocycles. The van der Waals surface area contributed by atoms with Gasteiger partial charge in [0.2, 0.25) is 0 Å². The Kier molecular flexibility index (Phi) is 3.85. The molecule has 0 saturated heterocycles. The van der Waals surface area contributed by atoms with Crippen LogP contribution in [0.4, 0.5) is 0 Å². The summed E-state index contributed by atoms with van der Waals surface area (Å²) < 4.78 is 0.863. The highest BCUT2D eigenvalue weighted by atomic mass is 79.9. The maximum absolute atomic E-state index is 11.6. The molecule has 0 atom stereocenters. The van der Waals surface area contributed by atoms with Crippen LogP contribution in [0.1, 0.15) is 10.4 Å². The van der Waals surface area contributed by atoms with Crippen molar-refractivity contribution < 1.29 is 14.7 Å². The smallest absolute Gasteiger partial charge is 0.253 e. The molecule has 1 rings (SSSR count). The van der Waals surface area contributed by atoms with Crippen molar-refractivity contribution in [1.29, 1.82) is 0 Å². The first-order valence-electron chi connectivity index (χ1n) is 4.21. The molecule has 0 aromatic heterocycles. The van der Waals surface area contributed by atoms with E-state index in [1.165, 1.54) is 7.05 Å². The van der Waals surface area contributed by atoms with Crippen molar-refractivity contribution in [2.24, 2.45) is 0 Å². The van der Waals surface area contributed by atoms with E-state index >= 15 is 0 Å². The van der Waals surface area contributed by atoms with Gasteiger partial charge in [-0.05, 0) is 24.3 Å². The zero-order chi connectivity index (χ0) is 11.4.